The number of nitrogens with two attached hydrogens (primary N) is 1. The Balaban J connectivity index is 1.91. The predicted molar refractivity (Wildman–Crippen MR) is 178 cm³/mol. The normalized spacial score (nSPS) is 17.6. The molecule has 56 heavy (non-hydrogen) atoms. The van der Waals surface area contributed by atoms with E-state index in [1.54, 1.807) is 13.8 Å². The van der Waals surface area contributed by atoms with Crippen molar-refractivity contribution < 1.29 is 75.9 Å². The Bertz CT molecular complexity index is 1980. The van der Waals surface area contributed by atoms with Crippen molar-refractivity contribution in [2.24, 2.45) is 5.73 Å². The van der Waals surface area contributed by atoms with Gasteiger partial charge >= 0.3 is 40.0 Å². The maximum atomic E-state index is 13.8. The van der Waals surface area contributed by atoms with Gasteiger partial charge in [-0.25, -0.2) is 14.8 Å². The summed E-state index contributed by atoms with van der Waals surface area (Å²) in [5, 5.41) is 0. The zero-order chi connectivity index (χ0) is 41.8. The topological polar surface area (TPSA) is 160 Å². The number of anilines is 1. The van der Waals surface area contributed by atoms with Gasteiger partial charge in [-0.1, -0.05) is 6.92 Å². The molecule has 1 aliphatic rings. The van der Waals surface area contributed by atoms with Crippen molar-refractivity contribution in [1.82, 2.24) is 9.97 Å². The Labute approximate surface area is 314 Å². The number of halogens is 9. The monoisotopic (exact) mass is 830 g/mol. The first-order valence-corrected chi connectivity index (χ1v) is 18.2. The third-order valence-corrected chi connectivity index (χ3v) is 9.34. The van der Waals surface area contributed by atoms with Gasteiger partial charge in [-0.3, -0.25) is 9.69 Å². The third-order valence-electron chi connectivity index (χ3n) is 8.36. The summed E-state index contributed by atoms with van der Waals surface area (Å²) >= 11 is 0. The number of benzene rings is 2. The number of alkyl halides is 9. The summed E-state index contributed by atoms with van der Waals surface area (Å²) < 4.78 is 166. The lowest BCUT2D eigenvalue weighted by Gasteiger charge is -2.43. The summed E-state index contributed by atoms with van der Waals surface area (Å²) in [5.74, 6) is -3.25. The van der Waals surface area contributed by atoms with Crippen LogP contribution in [0.15, 0.2) is 42.6 Å². The minimum absolute atomic E-state index is 0.0316. The Kier molecular flexibility index (Phi) is 13.4. The van der Waals surface area contributed by atoms with Crippen LogP contribution in [-0.2, 0) is 43.2 Å². The Morgan fingerprint density at radius 2 is 1.52 bits per heavy atom. The van der Waals surface area contributed by atoms with E-state index in [1.807, 2.05) is 0 Å². The van der Waals surface area contributed by atoms with Crippen LogP contribution in [0.3, 0.4) is 0 Å². The second kappa shape index (κ2) is 17.1. The largest absolute Gasteiger partial charge is 0.534 e. The number of esters is 1. The third kappa shape index (κ3) is 10.1. The van der Waals surface area contributed by atoms with Crippen LogP contribution in [0.2, 0.25) is 0 Å². The maximum absolute atomic E-state index is 13.8. The van der Waals surface area contributed by atoms with Crippen molar-refractivity contribution in [3.63, 3.8) is 0 Å². The molecule has 0 saturated heterocycles. The fourth-order valence-corrected chi connectivity index (χ4v) is 6.42. The molecule has 3 aromatic rings. The predicted octanol–water partition coefficient (Wildman–Crippen LogP) is 7.27. The van der Waals surface area contributed by atoms with Crippen molar-refractivity contribution >= 4 is 27.9 Å². The Morgan fingerprint density at radius 3 is 2.07 bits per heavy atom. The summed E-state index contributed by atoms with van der Waals surface area (Å²) in [7, 11) is -6.20. The van der Waals surface area contributed by atoms with Gasteiger partial charge in [-0.05, 0) is 74.2 Å². The SMILES string of the molecule is CCOC(=O)CCCOc1cnc(C2c3cc(OS(=O)(=O)C(F)(F)F)ccc3N(C(=O)OCC)C(CC)C2N)nc1Cc1cc(C(F)(F)F)cc(C(F)(F)F)c1. The molecule has 1 aromatic heterocycles. The molecule has 2 heterocycles. The van der Waals surface area contributed by atoms with E-state index in [4.69, 9.17) is 19.9 Å². The molecule has 0 fully saturated rings. The van der Waals surface area contributed by atoms with Gasteiger partial charge in [0.1, 0.15) is 11.6 Å². The lowest BCUT2D eigenvalue weighted by molar-refractivity contribution is -0.144. The summed E-state index contributed by atoms with van der Waals surface area (Å²) in [4.78, 5) is 34.8. The van der Waals surface area contributed by atoms with Crippen molar-refractivity contribution in [3.05, 3.63) is 76.4 Å². The standard InChI is InChI=1S/C34H35F9N4O8S/c1-4-24-29(44)28(22-16-21(55-56(50,51)34(41,42)43)9-10-25(22)47(24)31(49)53-6-3)30-45-17-26(54-11-7-8-27(48)52-5-2)23(46-30)14-18-12-19(32(35,36)37)15-20(13-18)33(38,39)40/h9-10,12-13,15-17,24,28-29H,4-8,11,14,44H2,1-3H3. The van der Waals surface area contributed by atoms with E-state index in [0.717, 1.165) is 29.3 Å². The van der Waals surface area contributed by atoms with Crippen LogP contribution in [0.1, 0.15) is 79.7 Å². The fourth-order valence-electron chi connectivity index (χ4n) is 5.96. The van der Waals surface area contributed by atoms with Gasteiger partial charge in [0.15, 0.2) is 5.75 Å². The first-order chi connectivity index (χ1) is 26.0. The summed E-state index contributed by atoms with van der Waals surface area (Å²) in [6.45, 7) is 4.51. The molecular weight excluding hydrogens is 795 g/mol. The van der Waals surface area contributed by atoms with Crippen molar-refractivity contribution in [3.8, 4) is 11.5 Å². The van der Waals surface area contributed by atoms with Gasteiger partial charge in [0, 0.05) is 18.9 Å². The van der Waals surface area contributed by atoms with Gasteiger partial charge in [0.25, 0.3) is 0 Å². The van der Waals surface area contributed by atoms with E-state index < -0.39 is 86.9 Å². The number of hydrogen-bond acceptors (Lipinski definition) is 11. The van der Waals surface area contributed by atoms with Gasteiger partial charge in [0.2, 0.25) is 0 Å². The summed E-state index contributed by atoms with van der Waals surface area (Å²) in [5.41, 5.74) is -3.30. The number of amides is 1. The van der Waals surface area contributed by atoms with Crippen LogP contribution in [0.25, 0.3) is 0 Å². The van der Waals surface area contributed by atoms with Crippen LogP contribution in [-0.4, -0.2) is 67.9 Å². The molecule has 22 heteroatoms. The highest BCUT2D eigenvalue weighted by molar-refractivity contribution is 7.88. The zero-order valence-electron chi connectivity index (χ0n) is 29.7. The first-order valence-electron chi connectivity index (χ1n) is 16.8. The first kappa shape index (κ1) is 43.9. The average molecular weight is 831 g/mol. The highest BCUT2D eigenvalue weighted by Crippen LogP contribution is 2.45. The highest BCUT2D eigenvalue weighted by atomic mass is 32.2. The Morgan fingerprint density at radius 1 is 0.893 bits per heavy atom. The average Bonchev–Trinajstić information content (AvgIpc) is 3.09. The molecule has 0 spiro atoms. The molecule has 0 saturated carbocycles. The number of rotatable bonds is 13. The highest BCUT2D eigenvalue weighted by Gasteiger charge is 2.49. The number of aromatic nitrogens is 2. The molecule has 12 nitrogen and oxygen atoms in total. The second-order valence-corrected chi connectivity index (χ2v) is 13.7. The minimum Gasteiger partial charge on any atom is -0.490 e. The minimum atomic E-state index is -6.20. The molecule has 0 radical (unpaired) electrons. The number of ether oxygens (including phenoxy) is 3. The van der Waals surface area contributed by atoms with E-state index >= 15 is 0 Å². The maximum Gasteiger partial charge on any atom is 0.534 e. The van der Waals surface area contributed by atoms with E-state index in [9.17, 15) is 57.5 Å². The van der Waals surface area contributed by atoms with Crippen LogP contribution in [0, 0.1) is 0 Å². The van der Waals surface area contributed by atoms with Crippen LogP contribution < -0.4 is 19.6 Å². The molecule has 308 valence electrons. The van der Waals surface area contributed by atoms with Gasteiger partial charge in [-0.15, -0.1) is 0 Å². The lowest BCUT2D eigenvalue weighted by atomic mass is 9.80. The molecule has 2 N–H and O–H groups in total. The molecule has 2 aromatic carbocycles. The molecule has 4 rings (SSSR count). The number of carbonyl (C=O) groups is 2. The molecule has 3 atom stereocenters. The van der Waals surface area contributed by atoms with Crippen molar-refractivity contribution in [2.75, 3.05) is 24.7 Å². The van der Waals surface area contributed by atoms with Crippen LogP contribution in [0.5, 0.6) is 11.5 Å². The number of carbonyl (C=O) groups excluding carboxylic acids is 2. The number of fused-ring (bicyclic) bond motifs is 1. The fraction of sp³-hybridized carbons (Fsp3) is 0.471. The summed E-state index contributed by atoms with van der Waals surface area (Å²) in [6.07, 6.45) is -10.9. The van der Waals surface area contributed by atoms with Gasteiger partial charge in [0.05, 0.1) is 60.5 Å². The van der Waals surface area contributed by atoms with Crippen LogP contribution >= 0.6 is 0 Å². The van der Waals surface area contributed by atoms with E-state index in [0.29, 0.717) is 12.1 Å². The number of nitrogens with zero attached hydrogens (tertiary/aromatic N) is 3. The van der Waals surface area contributed by atoms with E-state index in [2.05, 4.69) is 14.2 Å². The zero-order valence-corrected chi connectivity index (χ0v) is 30.5. The lowest BCUT2D eigenvalue weighted by Crippen LogP contribution is -2.57. The molecule has 1 aliphatic heterocycles. The van der Waals surface area contributed by atoms with Crippen LogP contribution in [0.4, 0.5) is 50.0 Å². The van der Waals surface area contributed by atoms with Crippen molar-refractivity contribution in [1.29, 1.82) is 0 Å². The smallest absolute Gasteiger partial charge is 0.490 e. The molecule has 0 aliphatic carbocycles. The number of hydrogen-bond donors (Lipinski definition) is 1. The van der Waals surface area contributed by atoms with Crippen molar-refractivity contribution in [2.45, 2.75) is 82.3 Å². The van der Waals surface area contributed by atoms with E-state index in [-0.39, 0.29) is 73.7 Å². The van der Waals surface area contributed by atoms with E-state index in [1.165, 1.54) is 6.92 Å². The molecule has 1 amide bonds. The van der Waals surface area contributed by atoms with Gasteiger partial charge < -0.3 is 24.1 Å². The molecular formula is C34H35F9N4O8S. The quantitative estimate of drug-likeness (QED) is 0.0607. The van der Waals surface area contributed by atoms with Gasteiger partial charge in [-0.2, -0.15) is 47.9 Å². The molecule has 3 unspecified atom stereocenters. The summed E-state index contributed by atoms with van der Waals surface area (Å²) in [6, 6.07) is 1.53. The Hall–Kier alpha value is -4.86. The molecule has 0 bridgehead atoms. The second-order valence-electron chi connectivity index (χ2n) is 12.2.